The number of aromatic amines is 1. The minimum Gasteiger partial charge on any atom is -0.353 e. The molecule has 1 heterocycles. The van der Waals surface area contributed by atoms with Crippen LogP contribution in [0.2, 0.25) is 0 Å². The highest BCUT2D eigenvalue weighted by molar-refractivity contribution is 6.05. The monoisotopic (exact) mass is 371 g/mol. The Bertz CT molecular complexity index is 765. The molecule has 1 aliphatic carbocycles. The van der Waals surface area contributed by atoms with E-state index in [0.29, 0.717) is 18.3 Å². The van der Waals surface area contributed by atoms with Gasteiger partial charge in [0.05, 0.1) is 5.52 Å². The maximum atomic E-state index is 12.4. The summed E-state index contributed by atoms with van der Waals surface area (Å²) in [7, 11) is 0. The zero-order chi connectivity index (χ0) is 19.1. The lowest BCUT2D eigenvalue weighted by Gasteiger charge is -2.17. The quantitative estimate of drug-likeness (QED) is 0.442. The van der Waals surface area contributed by atoms with Crippen LogP contribution >= 0.6 is 0 Å². The van der Waals surface area contributed by atoms with Gasteiger partial charge in [-0.05, 0) is 25.8 Å². The molecule has 1 aromatic carbocycles. The molecule has 2 aromatic rings. The molecule has 2 amide bonds. The van der Waals surface area contributed by atoms with Gasteiger partial charge in [-0.3, -0.25) is 14.7 Å². The van der Waals surface area contributed by atoms with Crippen LogP contribution < -0.4 is 16.0 Å². The van der Waals surface area contributed by atoms with Crippen molar-refractivity contribution in [2.24, 2.45) is 0 Å². The topological polar surface area (TPSA) is 98.9 Å². The molecule has 0 bridgehead atoms. The molecule has 1 aliphatic rings. The third-order valence-corrected chi connectivity index (χ3v) is 5.14. The highest BCUT2D eigenvalue weighted by Crippen LogP contribution is 2.17. The number of para-hydroxylation sites is 1. The Morgan fingerprint density at radius 1 is 1.15 bits per heavy atom. The van der Waals surface area contributed by atoms with Crippen molar-refractivity contribution in [2.75, 3.05) is 13.1 Å². The van der Waals surface area contributed by atoms with Gasteiger partial charge in [0.15, 0.2) is 5.69 Å². The van der Waals surface area contributed by atoms with Gasteiger partial charge in [0.2, 0.25) is 5.91 Å². The van der Waals surface area contributed by atoms with Crippen LogP contribution in [0, 0.1) is 0 Å². The van der Waals surface area contributed by atoms with Crippen molar-refractivity contribution in [3.8, 4) is 0 Å². The Morgan fingerprint density at radius 2 is 1.89 bits per heavy atom. The summed E-state index contributed by atoms with van der Waals surface area (Å²) < 4.78 is 0. The minimum atomic E-state index is -0.620. The van der Waals surface area contributed by atoms with Crippen molar-refractivity contribution in [3.05, 3.63) is 30.0 Å². The van der Waals surface area contributed by atoms with Crippen molar-refractivity contribution in [1.29, 1.82) is 0 Å². The molecular weight excluding hydrogens is 342 g/mol. The lowest BCUT2D eigenvalue weighted by molar-refractivity contribution is -0.122. The average Bonchev–Trinajstić information content (AvgIpc) is 2.93. The van der Waals surface area contributed by atoms with E-state index in [1.165, 1.54) is 38.5 Å². The zero-order valence-electron chi connectivity index (χ0n) is 15.9. The number of H-pyrrole nitrogens is 1. The van der Waals surface area contributed by atoms with Gasteiger partial charge in [-0.1, -0.05) is 43.9 Å². The van der Waals surface area contributed by atoms with E-state index in [4.69, 9.17) is 0 Å². The Labute approximate surface area is 159 Å². The number of hydrogen-bond donors (Lipinski definition) is 4. The molecule has 27 heavy (non-hydrogen) atoms. The van der Waals surface area contributed by atoms with E-state index in [0.717, 1.165) is 17.4 Å². The number of amides is 2. The van der Waals surface area contributed by atoms with Gasteiger partial charge >= 0.3 is 0 Å². The highest BCUT2D eigenvalue weighted by atomic mass is 16.2. The predicted molar refractivity (Wildman–Crippen MR) is 106 cm³/mol. The number of nitrogens with one attached hydrogen (secondary N) is 4. The molecule has 0 saturated heterocycles. The molecule has 4 N–H and O–H groups in total. The first kappa shape index (κ1) is 19.4. The Morgan fingerprint density at radius 3 is 2.67 bits per heavy atom. The van der Waals surface area contributed by atoms with E-state index in [9.17, 15) is 9.59 Å². The van der Waals surface area contributed by atoms with Crippen LogP contribution in [0.25, 0.3) is 10.9 Å². The van der Waals surface area contributed by atoms with Crippen molar-refractivity contribution < 1.29 is 9.59 Å². The van der Waals surface area contributed by atoms with Crippen LogP contribution in [-0.4, -0.2) is 47.2 Å². The molecule has 1 unspecified atom stereocenters. The fourth-order valence-electron chi connectivity index (χ4n) is 3.57. The lowest BCUT2D eigenvalue weighted by atomic mass is 10.1. The van der Waals surface area contributed by atoms with E-state index in [2.05, 4.69) is 26.1 Å². The number of benzene rings is 1. The Balaban J connectivity index is 1.41. The van der Waals surface area contributed by atoms with Gasteiger partial charge in [0.25, 0.3) is 5.91 Å². The molecule has 0 spiro atoms. The minimum absolute atomic E-state index is 0.189. The molecule has 0 radical (unpaired) electrons. The van der Waals surface area contributed by atoms with Gasteiger partial charge in [-0.15, -0.1) is 0 Å². The molecule has 3 rings (SSSR count). The molecule has 1 aromatic heterocycles. The van der Waals surface area contributed by atoms with Crippen LogP contribution in [0.3, 0.4) is 0 Å². The molecule has 0 aliphatic heterocycles. The normalized spacial score (nSPS) is 16.6. The van der Waals surface area contributed by atoms with E-state index in [1.54, 1.807) is 6.92 Å². The summed E-state index contributed by atoms with van der Waals surface area (Å²) in [6, 6.07) is 7.36. The van der Waals surface area contributed by atoms with Crippen LogP contribution in [0.5, 0.6) is 0 Å². The molecule has 1 fully saturated rings. The summed E-state index contributed by atoms with van der Waals surface area (Å²) in [6.07, 6.45) is 7.68. The molecule has 1 atom stereocenters. The van der Waals surface area contributed by atoms with Crippen LogP contribution in [0.1, 0.15) is 55.9 Å². The van der Waals surface area contributed by atoms with Crippen LogP contribution in [0.4, 0.5) is 0 Å². The summed E-state index contributed by atoms with van der Waals surface area (Å²) in [4.78, 5) is 24.7. The van der Waals surface area contributed by atoms with E-state index in [-0.39, 0.29) is 11.8 Å². The second-order valence-corrected chi connectivity index (χ2v) is 7.25. The number of nitrogens with zero attached hydrogens (tertiary/aromatic N) is 1. The van der Waals surface area contributed by atoms with Gasteiger partial charge in [0.1, 0.15) is 6.04 Å². The molecule has 7 heteroatoms. The summed E-state index contributed by atoms with van der Waals surface area (Å²) in [6.45, 7) is 2.99. The van der Waals surface area contributed by atoms with Gasteiger partial charge in [-0.2, -0.15) is 5.10 Å². The third-order valence-electron chi connectivity index (χ3n) is 5.14. The third kappa shape index (κ3) is 5.29. The van der Waals surface area contributed by atoms with Crippen LogP contribution in [0.15, 0.2) is 24.3 Å². The molecular formula is C20H29N5O2. The number of rotatable bonds is 7. The Kier molecular flexibility index (Phi) is 6.81. The zero-order valence-corrected chi connectivity index (χ0v) is 15.9. The summed E-state index contributed by atoms with van der Waals surface area (Å²) in [5.41, 5.74) is 1.10. The number of hydrogen-bond acceptors (Lipinski definition) is 4. The first-order valence-corrected chi connectivity index (χ1v) is 9.90. The van der Waals surface area contributed by atoms with E-state index < -0.39 is 6.04 Å². The number of carbonyl (C=O) groups is 2. The summed E-state index contributed by atoms with van der Waals surface area (Å²) in [5, 5.41) is 16.8. The largest absolute Gasteiger partial charge is 0.353 e. The number of carbonyl (C=O) groups excluding carboxylic acids is 2. The van der Waals surface area contributed by atoms with Crippen LogP contribution in [-0.2, 0) is 4.79 Å². The van der Waals surface area contributed by atoms with Gasteiger partial charge < -0.3 is 16.0 Å². The predicted octanol–water partition coefficient (Wildman–Crippen LogP) is 2.11. The number of fused-ring (bicyclic) bond motifs is 1. The van der Waals surface area contributed by atoms with E-state index in [1.807, 2.05) is 24.3 Å². The number of aromatic nitrogens is 2. The van der Waals surface area contributed by atoms with Crippen molar-refractivity contribution in [3.63, 3.8) is 0 Å². The standard InChI is InChI=1S/C20H29N5O2/c1-14(19(26)22-13-12-21-15-8-4-2-3-5-9-15)23-20(27)18-16-10-6-7-11-17(16)24-25-18/h6-7,10-11,14-15,21H,2-5,8-9,12-13H2,1H3,(H,22,26)(H,23,27)(H,24,25). The van der Waals surface area contributed by atoms with E-state index >= 15 is 0 Å². The highest BCUT2D eigenvalue weighted by Gasteiger charge is 2.20. The average molecular weight is 371 g/mol. The SMILES string of the molecule is CC(NC(=O)c1n[nH]c2ccccc12)C(=O)NCCNC1CCCCCC1. The first-order valence-electron chi connectivity index (χ1n) is 9.90. The Hall–Kier alpha value is -2.41. The molecule has 146 valence electrons. The van der Waals surface area contributed by atoms with Crippen molar-refractivity contribution in [2.45, 2.75) is 57.5 Å². The fourth-order valence-corrected chi connectivity index (χ4v) is 3.57. The summed E-state index contributed by atoms with van der Waals surface area (Å²) >= 11 is 0. The van der Waals surface area contributed by atoms with Crippen molar-refractivity contribution >= 4 is 22.7 Å². The molecule has 1 saturated carbocycles. The van der Waals surface area contributed by atoms with Crippen molar-refractivity contribution in [1.82, 2.24) is 26.1 Å². The smallest absolute Gasteiger partial charge is 0.273 e. The maximum absolute atomic E-state index is 12.4. The fraction of sp³-hybridized carbons (Fsp3) is 0.550. The second-order valence-electron chi connectivity index (χ2n) is 7.25. The van der Waals surface area contributed by atoms with Gasteiger partial charge in [-0.25, -0.2) is 0 Å². The van der Waals surface area contributed by atoms with Gasteiger partial charge in [0, 0.05) is 24.5 Å². The first-order chi connectivity index (χ1) is 13.1. The maximum Gasteiger partial charge on any atom is 0.273 e. The summed E-state index contributed by atoms with van der Waals surface area (Å²) in [5.74, 6) is -0.544. The second kappa shape index (κ2) is 9.50. The molecule has 7 nitrogen and oxygen atoms in total. The lowest BCUT2D eigenvalue weighted by Crippen LogP contribution is -2.47.